The van der Waals surface area contributed by atoms with Crippen molar-refractivity contribution in [3.63, 3.8) is 0 Å². The second-order valence-corrected chi connectivity index (χ2v) is 10.3. The Kier molecular flexibility index (Phi) is 6.29. The number of hydrogen-bond acceptors (Lipinski definition) is 4. The standard InChI is InChI=1S/C25H39N3O2/c1-19(2)30-24(29)28-12-11-25(3,4)23-10-9-22(17-20(23)18-28)27-15-13-26(14-16-27)21-7-5-6-8-21/h9-10,17,19,21H,5-8,11-16,18H2,1-4H3. The molecule has 2 heterocycles. The highest BCUT2D eigenvalue weighted by molar-refractivity contribution is 5.68. The molecule has 1 aromatic carbocycles. The van der Waals surface area contributed by atoms with Gasteiger partial charge in [0, 0.05) is 51.0 Å². The van der Waals surface area contributed by atoms with Crippen molar-refractivity contribution in [2.24, 2.45) is 0 Å². The Morgan fingerprint density at radius 2 is 1.77 bits per heavy atom. The van der Waals surface area contributed by atoms with Crippen LogP contribution in [0.1, 0.15) is 70.9 Å². The Morgan fingerprint density at radius 3 is 2.43 bits per heavy atom. The average molecular weight is 414 g/mol. The first-order valence-electron chi connectivity index (χ1n) is 11.9. The summed E-state index contributed by atoms with van der Waals surface area (Å²) in [6, 6.07) is 7.77. The van der Waals surface area contributed by atoms with Gasteiger partial charge >= 0.3 is 6.09 Å². The Balaban J connectivity index is 1.49. The number of hydrogen-bond donors (Lipinski definition) is 0. The Morgan fingerprint density at radius 1 is 1.07 bits per heavy atom. The number of nitrogens with zero attached hydrogens (tertiary/aromatic N) is 3. The van der Waals surface area contributed by atoms with Crippen LogP contribution in [0.2, 0.25) is 0 Å². The summed E-state index contributed by atoms with van der Waals surface area (Å²) < 4.78 is 5.51. The first-order valence-corrected chi connectivity index (χ1v) is 11.9. The third-order valence-corrected chi connectivity index (χ3v) is 7.30. The Labute approximate surface area is 182 Å². The minimum absolute atomic E-state index is 0.0574. The highest BCUT2D eigenvalue weighted by atomic mass is 16.6. The van der Waals surface area contributed by atoms with Gasteiger partial charge in [-0.15, -0.1) is 0 Å². The largest absolute Gasteiger partial charge is 0.447 e. The molecule has 1 amide bonds. The van der Waals surface area contributed by atoms with Gasteiger partial charge < -0.3 is 14.5 Å². The predicted octanol–water partition coefficient (Wildman–Crippen LogP) is 4.78. The van der Waals surface area contributed by atoms with Crippen LogP contribution in [0.25, 0.3) is 0 Å². The van der Waals surface area contributed by atoms with Gasteiger partial charge in [0.05, 0.1) is 6.10 Å². The van der Waals surface area contributed by atoms with Gasteiger partial charge in [0.25, 0.3) is 0 Å². The molecule has 4 rings (SSSR count). The molecule has 166 valence electrons. The summed E-state index contributed by atoms with van der Waals surface area (Å²) >= 11 is 0. The molecule has 0 N–H and O–H groups in total. The third kappa shape index (κ3) is 4.61. The maximum Gasteiger partial charge on any atom is 0.410 e. The van der Waals surface area contributed by atoms with E-state index in [4.69, 9.17) is 4.74 Å². The second-order valence-electron chi connectivity index (χ2n) is 10.3. The van der Waals surface area contributed by atoms with E-state index in [2.05, 4.69) is 41.8 Å². The highest BCUT2D eigenvalue weighted by Gasteiger charge is 2.32. The third-order valence-electron chi connectivity index (χ3n) is 7.30. The van der Waals surface area contributed by atoms with E-state index in [1.807, 2.05) is 18.7 Å². The number of fused-ring (bicyclic) bond motifs is 1. The van der Waals surface area contributed by atoms with Crippen molar-refractivity contribution in [2.75, 3.05) is 37.6 Å². The molecule has 1 saturated heterocycles. The number of ether oxygens (including phenoxy) is 1. The SMILES string of the molecule is CC(C)OC(=O)N1CCC(C)(C)c2ccc(N3CCN(C4CCCC4)CC3)cc2C1. The van der Waals surface area contributed by atoms with Crippen molar-refractivity contribution in [2.45, 2.75) is 83.9 Å². The first-order chi connectivity index (χ1) is 14.3. The molecule has 5 heteroatoms. The minimum atomic E-state index is -0.191. The van der Waals surface area contributed by atoms with E-state index in [9.17, 15) is 4.79 Å². The van der Waals surface area contributed by atoms with Gasteiger partial charge in [-0.25, -0.2) is 4.79 Å². The summed E-state index contributed by atoms with van der Waals surface area (Å²) in [6.07, 6.45) is 6.25. The van der Waals surface area contributed by atoms with Crippen molar-refractivity contribution >= 4 is 11.8 Å². The lowest BCUT2D eigenvalue weighted by atomic mass is 9.80. The van der Waals surface area contributed by atoms with E-state index in [1.165, 1.54) is 55.6 Å². The van der Waals surface area contributed by atoms with Crippen molar-refractivity contribution in [1.29, 1.82) is 0 Å². The van der Waals surface area contributed by atoms with Crippen LogP contribution in [0.4, 0.5) is 10.5 Å². The van der Waals surface area contributed by atoms with Gasteiger partial charge in [-0.05, 0) is 61.8 Å². The van der Waals surface area contributed by atoms with Crippen LogP contribution in [0.15, 0.2) is 18.2 Å². The number of anilines is 1. The highest BCUT2D eigenvalue weighted by Crippen LogP contribution is 2.36. The molecular formula is C25H39N3O2. The quantitative estimate of drug-likeness (QED) is 0.714. The van der Waals surface area contributed by atoms with Crippen molar-refractivity contribution in [3.05, 3.63) is 29.3 Å². The lowest BCUT2D eigenvalue weighted by Crippen LogP contribution is -2.49. The summed E-state index contributed by atoms with van der Waals surface area (Å²) in [5, 5.41) is 0. The second kappa shape index (κ2) is 8.78. The lowest BCUT2D eigenvalue weighted by molar-refractivity contribution is 0.0740. The molecule has 2 aliphatic heterocycles. The van der Waals surface area contributed by atoms with Gasteiger partial charge in [-0.2, -0.15) is 0 Å². The molecule has 0 atom stereocenters. The summed E-state index contributed by atoms with van der Waals surface area (Å²) in [5.74, 6) is 0. The van der Waals surface area contributed by atoms with E-state index in [1.54, 1.807) is 0 Å². The van der Waals surface area contributed by atoms with E-state index in [-0.39, 0.29) is 17.6 Å². The number of piperazine rings is 1. The Bertz CT molecular complexity index is 747. The summed E-state index contributed by atoms with van der Waals surface area (Å²) in [7, 11) is 0. The number of carbonyl (C=O) groups is 1. The molecule has 0 spiro atoms. The van der Waals surface area contributed by atoms with Gasteiger partial charge in [0.2, 0.25) is 0 Å². The van der Waals surface area contributed by atoms with Crippen LogP contribution >= 0.6 is 0 Å². The maximum absolute atomic E-state index is 12.6. The molecule has 1 aromatic rings. The van der Waals surface area contributed by atoms with Crippen LogP contribution in [0.5, 0.6) is 0 Å². The van der Waals surface area contributed by atoms with Gasteiger partial charge in [0.1, 0.15) is 0 Å². The zero-order chi connectivity index (χ0) is 21.3. The molecule has 0 unspecified atom stereocenters. The summed E-state index contributed by atoms with van der Waals surface area (Å²) in [5.41, 5.74) is 4.00. The van der Waals surface area contributed by atoms with Crippen LogP contribution < -0.4 is 4.90 Å². The van der Waals surface area contributed by atoms with Crippen LogP contribution in [0, 0.1) is 0 Å². The van der Waals surface area contributed by atoms with Crippen LogP contribution in [-0.2, 0) is 16.7 Å². The molecule has 30 heavy (non-hydrogen) atoms. The summed E-state index contributed by atoms with van der Waals surface area (Å²) in [4.78, 5) is 19.7. The van der Waals surface area contributed by atoms with Gasteiger partial charge in [-0.1, -0.05) is 32.8 Å². The fraction of sp³-hybridized carbons (Fsp3) is 0.720. The van der Waals surface area contributed by atoms with Crippen molar-refractivity contribution in [3.8, 4) is 0 Å². The molecular weight excluding hydrogens is 374 g/mol. The van der Waals surface area contributed by atoms with E-state index >= 15 is 0 Å². The number of amides is 1. The monoisotopic (exact) mass is 413 g/mol. The van der Waals surface area contributed by atoms with Crippen molar-refractivity contribution in [1.82, 2.24) is 9.80 Å². The molecule has 0 bridgehead atoms. The Hall–Kier alpha value is -1.75. The molecule has 1 saturated carbocycles. The summed E-state index contributed by atoms with van der Waals surface area (Å²) in [6.45, 7) is 14.3. The lowest BCUT2D eigenvalue weighted by Gasteiger charge is -2.39. The molecule has 3 aliphatic rings. The average Bonchev–Trinajstić information content (AvgIpc) is 3.21. The molecule has 2 fully saturated rings. The van der Waals surface area contributed by atoms with Gasteiger partial charge in [-0.3, -0.25) is 4.90 Å². The molecule has 1 aliphatic carbocycles. The minimum Gasteiger partial charge on any atom is -0.447 e. The molecule has 0 aromatic heterocycles. The van der Waals surface area contributed by atoms with Crippen LogP contribution in [0.3, 0.4) is 0 Å². The van der Waals surface area contributed by atoms with Crippen molar-refractivity contribution < 1.29 is 9.53 Å². The zero-order valence-electron chi connectivity index (χ0n) is 19.3. The fourth-order valence-electron chi connectivity index (χ4n) is 5.45. The van der Waals surface area contributed by atoms with E-state index < -0.39 is 0 Å². The van der Waals surface area contributed by atoms with E-state index in [0.717, 1.165) is 32.1 Å². The first kappa shape index (κ1) is 21.5. The smallest absolute Gasteiger partial charge is 0.410 e. The zero-order valence-corrected chi connectivity index (χ0v) is 19.3. The number of carbonyl (C=O) groups excluding carboxylic acids is 1. The number of benzene rings is 1. The molecule has 5 nitrogen and oxygen atoms in total. The maximum atomic E-state index is 12.6. The van der Waals surface area contributed by atoms with Gasteiger partial charge in [0.15, 0.2) is 0 Å². The predicted molar refractivity (Wildman–Crippen MR) is 122 cm³/mol. The van der Waals surface area contributed by atoms with Crippen LogP contribution in [-0.4, -0.2) is 60.8 Å². The van der Waals surface area contributed by atoms with E-state index in [0.29, 0.717) is 6.54 Å². The topological polar surface area (TPSA) is 36.0 Å². The normalized spacial score (nSPS) is 22.8. The number of rotatable bonds is 3. The fourth-order valence-corrected chi connectivity index (χ4v) is 5.45. The molecule has 0 radical (unpaired) electrons.